The molecule has 1 aromatic heterocycles. The number of hydrogen-bond donors (Lipinski definition) is 1. The Morgan fingerprint density at radius 3 is 2.67 bits per heavy atom. The fraction of sp³-hybridized carbons (Fsp3) is 0.0833. The lowest BCUT2D eigenvalue weighted by atomic mass is 10.2. The number of carboxylic acid groups (broad SMARTS) is 1. The van der Waals surface area contributed by atoms with Gasteiger partial charge in [-0.1, -0.05) is 11.6 Å². The van der Waals surface area contributed by atoms with E-state index in [9.17, 15) is 19.7 Å². The highest BCUT2D eigenvalue weighted by molar-refractivity contribution is 6.31. The molecule has 0 radical (unpaired) electrons. The molecule has 2 rings (SSSR count). The number of aromatic carboxylic acids is 1. The van der Waals surface area contributed by atoms with Gasteiger partial charge >= 0.3 is 5.97 Å². The monoisotopic (exact) mass is 309 g/mol. The molecule has 0 fully saturated rings. The van der Waals surface area contributed by atoms with E-state index in [1.807, 2.05) is 0 Å². The quantitative estimate of drug-likeness (QED) is 0.676. The van der Waals surface area contributed by atoms with Crippen LogP contribution in [0.1, 0.15) is 16.1 Å². The Morgan fingerprint density at radius 1 is 1.38 bits per heavy atom. The van der Waals surface area contributed by atoms with Crippen LogP contribution in [-0.4, -0.2) is 25.8 Å². The van der Waals surface area contributed by atoms with Crippen LogP contribution in [-0.2, 0) is 6.54 Å². The fourth-order valence-corrected chi connectivity index (χ4v) is 1.85. The number of aromatic nitrogens is 2. The number of nitro benzene ring substituents is 1. The van der Waals surface area contributed by atoms with E-state index in [0.717, 1.165) is 22.9 Å². The molecule has 9 heteroatoms. The highest BCUT2D eigenvalue weighted by atomic mass is 35.5. The molecule has 2 aromatic rings. The molecule has 0 saturated carbocycles. The SMILES string of the molecule is O=C(O)c1ccc(=O)n(Cc2ccc([N+](=O)[O-])cc2Cl)n1. The van der Waals surface area contributed by atoms with Crippen LogP contribution in [0.25, 0.3) is 0 Å². The highest BCUT2D eigenvalue weighted by Gasteiger charge is 2.12. The van der Waals surface area contributed by atoms with Crippen molar-refractivity contribution in [3.63, 3.8) is 0 Å². The van der Waals surface area contributed by atoms with Crippen molar-refractivity contribution in [2.24, 2.45) is 0 Å². The Bertz CT molecular complexity index is 787. The standard InChI is InChI=1S/C12H8ClN3O5/c13-9-5-8(16(20)21)2-1-7(9)6-15-11(17)4-3-10(14-15)12(18)19/h1-5H,6H2,(H,18,19). The number of benzene rings is 1. The molecule has 0 atom stereocenters. The smallest absolute Gasteiger partial charge is 0.356 e. The van der Waals surface area contributed by atoms with Gasteiger partial charge in [-0.2, -0.15) is 5.10 Å². The second-order valence-corrected chi connectivity index (χ2v) is 4.46. The lowest BCUT2D eigenvalue weighted by molar-refractivity contribution is -0.384. The molecule has 0 amide bonds. The minimum absolute atomic E-state index is 0.0865. The van der Waals surface area contributed by atoms with Crippen molar-refractivity contribution < 1.29 is 14.8 Å². The highest BCUT2D eigenvalue weighted by Crippen LogP contribution is 2.22. The van der Waals surface area contributed by atoms with E-state index in [2.05, 4.69) is 5.10 Å². The van der Waals surface area contributed by atoms with Crippen LogP contribution in [0.3, 0.4) is 0 Å². The van der Waals surface area contributed by atoms with Crippen molar-refractivity contribution in [2.75, 3.05) is 0 Å². The van der Waals surface area contributed by atoms with Gasteiger partial charge in [0.05, 0.1) is 16.5 Å². The Morgan fingerprint density at radius 2 is 2.10 bits per heavy atom. The van der Waals surface area contributed by atoms with Crippen LogP contribution < -0.4 is 5.56 Å². The van der Waals surface area contributed by atoms with Crippen LogP contribution in [0.15, 0.2) is 35.1 Å². The molecule has 0 saturated heterocycles. The first-order valence-electron chi connectivity index (χ1n) is 5.63. The number of carbonyl (C=O) groups is 1. The summed E-state index contributed by atoms with van der Waals surface area (Å²) in [5.74, 6) is -1.27. The molecule has 1 heterocycles. The molecular weight excluding hydrogens is 302 g/mol. The number of nitro groups is 1. The molecule has 1 aromatic carbocycles. The van der Waals surface area contributed by atoms with E-state index in [-0.39, 0.29) is 22.9 Å². The average molecular weight is 310 g/mol. The van der Waals surface area contributed by atoms with Gasteiger partial charge in [0.25, 0.3) is 11.2 Å². The first-order chi connectivity index (χ1) is 9.88. The van der Waals surface area contributed by atoms with Gasteiger partial charge in [-0.15, -0.1) is 0 Å². The molecule has 0 unspecified atom stereocenters. The maximum absolute atomic E-state index is 11.6. The summed E-state index contributed by atoms with van der Waals surface area (Å²) in [7, 11) is 0. The number of halogens is 1. The minimum Gasteiger partial charge on any atom is -0.476 e. The average Bonchev–Trinajstić information content (AvgIpc) is 2.42. The Labute approximate surface area is 122 Å². The second-order valence-electron chi connectivity index (χ2n) is 4.05. The largest absolute Gasteiger partial charge is 0.476 e. The molecule has 0 bridgehead atoms. The summed E-state index contributed by atoms with van der Waals surface area (Å²) in [6.07, 6.45) is 0. The maximum Gasteiger partial charge on any atom is 0.356 e. The third kappa shape index (κ3) is 3.23. The summed E-state index contributed by atoms with van der Waals surface area (Å²) in [6, 6.07) is 5.96. The summed E-state index contributed by atoms with van der Waals surface area (Å²) in [6.45, 7) is -0.0865. The summed E-state index contributed by atoms with van der Waals surface area (Å²) in [5, 5.41) is 23.2. The molecule has 0 aliphatic carbocycles. The van der Waals surface area contributed by atoms with Crippen LogP contribution >= 0.6 is 11.6 Å². The van der Waals surface area contributed by atoms with Gasteiger partial charge in [0.2, 0.25) is 0 Å². The third-order valence-corrected chi connectivity index (χ3v) is 3.01. The number of non-ortho nitro benzene ring substituents is 1. The van der Waals surface area contributed by atoms with Crippen molar-refractivity contribution in [3.05, 3.63) is 67.1 Å². The van der Waals surface area contributed by atoms with E-state index in [0.29, 0.717) is 5.56 Å². The number of rotatable bonds is 4. The summed E-state index contributed by atoms with van der Waals surface area (Å²) < 4.78 is 0.927. The van der Waals surface area contributed by atoms with Crippen molar-refractivity contribution >= 4 is 23.3 Å². The zero-order valence-corrected chi connectivity index (χ0v) is 11.1. The number of nitrogens with zero attached hydrogens (tertiary/aromatic N) is 3. The van der Waals surface area contributed by atoms with Crippen molar-refractivity contribution in [3.8, 4) is 0 Å². The molecular formula is C12H8ClN3O5. The van der Waals surface area contributed by atoms with Gasteiger partial charge in [-0.3, -0.25) is 14.9 Å². The number of carboxylic acids is 1. The van der Waals surface area contributed by atoms with Gasteiger partial charge < -0.3 is 5.11 Å². The predicted molar refractivity (Wildman–Crippen MR) is 72.7 cm³/mol. The van der Waals surface area contributed by atoms with E-state index in [4.69, 9.17) is 16.7 Å². The van der Waals surface area contributed by atoms with E-state index in [1.54, 1.807) is 0 Å². The zero-order valence-electron chi connectivity index (χ0n) is 10.4. The molecule has 0 spiro atoms. The van der Waals surface area contributed by atoms with Crippen molar-refractivity contribution in [1.29, 1.82) is 0 Å². The molecule has 0 aliphatic rings. The normalized spacial score (nSPS) is 10.3. The lowest BCUT2D eigenvalue weighted by Crippen LogP contribution is -2.25. The van der Waals surface area contributed by atoms with Gasteiger partial charge in [-0.25, -0.2) is 9.48 Å². The summed E-state index contributed by atoms with van der Waals surface area (Å²) in [5.41, 5.74) is -0.551. The van der Waals surface area contributed by atoms with Gasteiger partial charge in [-0.05, 0) is 17.7 Å². The van der Waals surface area contributed by atoms with Crippen LogP contribution in [0.5, 0.6) is 0 Å². The molecule has 108 valence electrons. The van der Waals surface area contributed by atoms with Crippen LogP contribution in [0.4, 0.5) is 5.69 Å². The van der Waals surface area contributed by atoms with Crippen LogP contribution in [0, 0.1) is 10.1 Å². The third-order valence-electron chi connectivity index (χ3n) is 2.65. The predicted octanol–water partition coefficient (Wildman–Crippen LogP) is 1.55. The lowest BCUT2D eigenvalue weighted by Gasteiger charge is -2.07. The number of hydrogen-bond acceptors (Lipinski definition) is 5. The molecule has 1 N–H and O–H groups in total. The second kappa shape index (κ2) is 5.71. The van der Waals surface area contributed by atoms with Crippen molar-refractivity contribution in [2.45, 2.75) is 6.54 Å². The first kappa shape index (κ1) is 14.7. The van der Waals surface area contributed by atoms with Gasteiger partial charge in [0, 0.05) is 18.2 Å². The van der Waals surface area contributed by atoms with E-state index < -0.39 is 16.5 Å². The fourth-order valence-electron chi connectivity index (χ4n) is 1.62. The zero-order chi connectivity index (χ0) is 15.6. The Kier molecular flexibility index (Phi) is 3.99. The Hall–Kier alpha value is -2.74. The molecule has 21 heavy (non-hydrogen) atoms. The van der Waals surface area contributed by atoms with Gasteiger partial charge in [0.1, 0.15) is 0 Å². The minimum atomic E-state index is -1.27. The Balaban J connectivity index is 2.38. The van der Waals surface area contributed by atoms with E-state index >= 15 is 0 Å². The van der Waals surface area contributed by atoms with Gasteiger partial charge in [0.15, 0.2) is 5.69 Å². The summed E-state index contributed by atoms with van der Waals surface area (Å²) >= 11 is 5.91. The van der Waals surface area contributed by atoms with Crippen LogP contribution in [0.2, 0.25) is 5.02 Å². The van der Waals surface area contributed by atoms with E-state index in [1.165, 1.54) is 12.1 Å². The molecule has 0 aliphatic heterocycles. The molecule has 8 nitrogen and oxygen atoms in total. The maximum atomic E-state index is 11.6. The first-order valence-corrected chi connectivity index (χ1v) is 6.00. The topological polar surface area (TPSA) is 115 Å². The summed E-state index contributed by atoms with van der Waals surface area (Å²) in [4.78, 5) is 32.5. The van der Waals surface area contributed by atoms with Crippen molar-refractivity contribution in [1.82, 2.24) is 9.78 Å².